The van der Waals surface area contributed by atoms with Crippen LogP contribution in [0.4, 0.5) is 20.6 Å². The molecule has 11 heteroatoms. The van der Waals surface area contributed by atoms with Crippen LogP contribution in [-0.4, -0.2) is 35.5 Å². The predicted octanol–water partition coefficient (Wildman–Crippen LogP) is 1.69. The fourth-order valence-corrected chi connectivity index (χ4v) is 2.72. The van der Waals surface area contributed by atoms with Crippen LogP contribution in [0.2, 0.25) is 0 Å². The van der Waals surface area contributed by atoms with Gasteiger partial charge in [-0.2, -0.15) is 0 Å². The number of carbonyl (C=O) groups excluding carboxylic acids is 1. The topological polar surface area (TPSA) is 118 Å². The van der Waals surface area contributed by atoms with Crippen molar-refractivity contribution < 1.29 is 17.6 Å². The molecule has 0 unspecified atom stereocenters. The fraction of sp³-hybridized carbons (Fsp3) is 0.357. The standard InChI is InChI=1S/C14H19FN6O3S/c1-4-21-8-16-19-13(21)9(2)17-14(22)18-12-7-10(5-6-11(12)15)20-25(3,23)24/h5-9,20H,4H2,1-3H3,(H2,17,18,22)/t9-/m0/s1. The van der Waals surface area contributed by atoms with Gasteiger partial charge in [0, 0.05) is 6.54 Å². The summed E-state index contributed by atoms with van der Waals surface area (Å²) in [5.74, 6) is -0.135. The summed E-state index contributed by atoms with van der Waals surface area (Å²) in [6.45, 7) is 4.27. The number of aromatic nitrogens is 3. The number of hydrogen-bond donors (Lipinski definition) is 3. The van der Waals surface area contributed by atoms with Crippen molar-refractivity contribution in [3.8, 4) is 0 Å². The lowest BCUT2D eigenvalue weighted by Crippen LogP contribution is -2.32. The smallest absolute Gasteiger partial charge is 0.319 e. The van der Waals surface area contributed by atoms with Crippen molar-refractivity contribution in [2.24, 2.45) is 0 Å². The average molecular weight is 370 g/mol. The lowest BCUT2D eigenvalue weighted by Gasteiger charge is -2.15. The van der Waals surface area contributed by atoms with Crippen LogP contribution < -0.4 is 15.4 Å². The molecule has 3 N–H and O–H groups in total. The molecule has 2 aromatic rings. The molecular weight excluding hydrogens is 351 g/mol. The molecule has 9 nitrogen and oxygen atoms in total. The molecule has 0 spiro atoms. The number of hydrogen-bond acceptors (Lipinski definition) is 5. The maximum atomic E-state index is 13.8. The third kappa shape index (κ3) is 5.14. The zero-order valence-corrected chi connectivity index (χ0v) is 14.8. The van der Waals surface area contributed by atoms with Crippen LogP contribution in [-0.2, 0) is 16.6 Å². The molecule has 0 radical (unpaired) electrons. The van der Waals surface area contributed by atoms with Gasteiger partial charge < -0.3 is 15.2 Å². The van der Waals surface area contributed by atoms with Gasteiger partial charge in [0.1, 0.15) is 12.1 Å². The monoisotopic (exact) mass is 370 g/mol. The SMILES string of the molecule is CCn1cnnc1[C@H](C)NC(=O)Nc1cc(NS(C)(=O)=O)ccc1F. The Balaban J connectivity index is 2.08. The van der Waals surface area contributed by atoms with Crippen molar-refractivity contribution in [2.75, 3.05) is 16.3 Å². The number of carbonyl (C=O) groups is 1. The number of benzene rings is 1. The van der Waals surface area contributed by atoms with Gasteiger partial charge in [0.2, 0.25) is 10.0 Å². The Morgan fingerprint density at radius 3 is 2.76 bits per heavy atom. The molecule has 0 bridgehead atoms. The normalized spacial score (nSPS) is 12.5. The number of aryl methyl sites for hydroxylation is 1. The van der Waals surface area contributed by atoms with Crippen molar-refractivity contribution in [1.29, 1.82) is 0 Å². The summed E-state index contributed by atoms with van der Waals surface area (Å²) in [5.41, 5.74) is -0.0201. The second kappa shape index (κ2) is 7.47. The Morgan fingerprint density at radius 1 is 1.40 bits per heavy atom. The first kappa shape index (κ1) is 18.6. The third-order valence-electron chi connectivity index (χ3n) is 3.24. The molecule has 2 rings (SSSR count). The second-order valence-electron chi connectivity index (χ2n) is 5.36. The Hall–Kier alpha value is -2.69. The van der Waals surface area contributed by atoms with Gasteiger partial charge in [-0.1, -0.05) is 0 Å². The molecule has 2 amide bonds. The molecule has 25 heavy (non-hydrogen) atoms. The highest BCUT2D eigenvalue weighted by Crippen LogP contribution is 2.20. The first-order valence-electron chi connectivity index (χ1n) is 7.42. The molecule has 1 aromatic heterocycles. The Labute approximate surface area is 144 Å². The summed E-state index contributed by atoms with van der Waals surface area (Å²) in [6.07, 6.45) is 2.52. The summed E-state index contributed by atoms with van der Waals surface area (Å²) < 4.78 is 40.3. The van der Waals surface area contributed by atoms with E-state index in [2.05, 4.69) is 25.6 Å². The molecular formula is C14H19FN6O3S. The van der Waals surface area contributed by atoms with Crippen molar-refractivity contribution >= 4 is 27.4 Å². The molecule has 0 saturated carbocycles. The Kier molecular flexibility index (Phi) is 5.57. The molecule has 0 aliphatic heterocycles. The van der Waals surface area contributed by atoms with Crippen LogP contribution >= 0.6 is 0 Å². The Morgan fingerprint density at radius 2 is 2.12 bits per heavy atom. The summed E-state index contributed by atoms with van der Waals surface area (Å²) in [4.78, 5) is 12.1. The zero-order valence-electron chi connectivity index (χ0n) is 13.9. The van der Waals surface area contributed by atoms with E-state index >= 15 is 0 Å². The minimum atomic E-state index is -3.51. The van der Waals surface area contributed by atoms with Crippen LogP contribution in [0.5, 0.6) is 0 Å². The number of urea groups is 1. The molecule has 136 valence electrons. The van der Waals surface area contributed by atoms with Crippen LogP contribution in [0.1, 0.15) is 25.7 Å². The van der Waals surface area contributed by atoms with Crippen molar-refractivity contribution in [3.05, 3.63) is 36.2 Å². The average Bonchev–Trinajstić information content (AvgIpc) is 2.97. The second-order valence-corrected chi connectivity index (χ2v) is 7.11. The minimum Gasteiger partial charge on any atom is -0.328 e. The van der Waals surface area contributed by atoms with Crippen LogP contribution in [0.25, 0.3) is 0 Å². The predicted molar refractivity (Wildman–Crippen MR) is 91.1 cm³/mol. The number of amides is 2. The molecule has 1 atom stereocenters. The van der Waals surface area contributed by atoms with Gasteiger partial charge >= 0.3 is 6.03 Å². The quantitative estimate of drug-likeness (QED) is 0.715. The van der Waals surface area contributed by atoms with E-state index in [1.165, 1.54) is 12.1 Å². The van der Waals surface area contributed by atoms with Crippen molar-refractivity contribution in [2.45, 2.75) is 26.4 Å². The maximum absolute atomic E-state index is 13.8. The summed E-state index contributed by atoms with van der Waals surface area (Å²) in [5, 5.41) is 12.7. The van der Waals surface area contributed by atoms with Crippen LogP contribution in [0.3, 0.4) is 0 Å². The largest absolute Gasteiger partial charge is 0.328 e. The van der Waals surface area contributed by atoms with Gasteiger partial charge in [0.25, 0.3) is 0 Å². The van der Waals surface area contributed by atoms with Crippen LogP contribution in [0, 0.1) is 5.82 Å². The van der Waals surface area contributed by atoms with E-state index in [4.69, 9.17) is 0 Å². The maximum Gasteiger partial charge on any atom is 0.319 e. The van der Waals surface area contributed by atoms with Gasteiger partial charge in [0.15, 0.2) is 5.82 Å². The summed E-state index contributed by atoms with van der Waals surface area (Å²) >= 11 is 0. The van der Waals surface area contributed by atoms with Crippen molar-refractivity contribution in [3.63, 3.8) is 0 Å². The number of sulfonamides is 1. The van der Waals surface area contributed by atoms with Gasteiger partial charge in [-0.3, -0.25) is 4.72 Å². The molecule has 0 saturated heterocycles. The van der Waals surface area contributed by atoms with Crippen LogP contribution in [0.15, 0.2) is 24.5 Å². The highest BCUT2D eigenvalue weighted by atomic mass is 32.2. The van der Waals surface area contributed by atoms with E-state index in [9.17, 15) is 17.6 Å². The number of nitrogens with zero attached hydrogens (tertiary/aromatic N) is 3. The first-order chi connectivity index (χ1) is 11.7. The zero-order chi connectivity index (χ0) is 18.6. The van der Waals surface area contributed by atoms with Crippen molar-refractivity contribution in [1.82, 2.24) is 20.1 Å². The van der Waals surface area contributed by atoms with Gasteiger partial charge in [-0.25, -0.2) is 17.6 Å². The fourth-order valence-electron chi connectivity index (χ4n) is 2.16. The Bertz CT molecular complexity index is 867. The number of anilines is 2. The van der Waals surface area contributed by atoms with E-state index in [1.54, 1.807) is 17.8 Å². The summed E-state index contributed by atoms with van der Waals surface area (Å²) in [6, 6.07) is 2.39. The third-order valence-corrected chi connectivity index (χ3v) is 3.85. The van der Waals surface area contributed by atoms with E-state index in [-0.39, 0.29) is 11.4 Å². The molecule has 0 fully saturated rings. The molecule has 1 aromatic carbocycles. The van der Waals surface area contributed by atoms with E-state index in [0.717, 1.165) is 12.3 Å². The minimum absolute atomic E-state index is 0.137. The van der Waals surface area contributed by atoms with Gasteiger partial charge in [-0.05, 0) is 32.0 Å². The van der Waals surface area contributed by atoms with E-state index < -0.39 is 27.9 Å². The first-order valence-corrected chi connectivity index (χ1v) is 9.31. The molecule has 0 aliphatic rings. The molecule has 0 aliphatic carbocycles. The lowest BCUT2D eigenvalue weighted by molar-refractivity contribution is 0.248. The van der Waals surface area contributed by atoms with E-state index in [0.29, 0.717) is 12.4 Å². The summed E-state index contributed by atoms with van der Waals surface area (Å²) in [7, 11) is -3.51. The highest BCUT2D eigenvalue weighted by molar-refractivity contribution is 7.92. The van der Waals surface area contributed by atoms with E-state index in [1.807, 2.05) is 6.92 Å². The van der Waals surface area contributed by atoms with Gasteiger partial charge in [-0.15, -0.1) is 10.2 Å². The number of rotatable bonds is 6. The lowest BCUT2D eigenvalue weighted by atomic mass is 10.2. The number of halogens is 1. The van der Waals surface area contributed by atoms with Gasteiger partial charge in [0.05, 0.1) is 23.7 Å². The number of nitrogens with one attached hydrogen (secondary N) is 3. The highest BCUT2D eigenvalue weighted by Gasteiger charge is 2.16. The molecule has 1 heterocycles.